The number of rotatable bonds is 9. The van der Waals surface area contributed by atoms with Crippen molar-refractivity contribution in [3.63, 3.8) is 0 Å². The van der Waals surface area contributed by atoms with Gasteiger partial charge in [0.05, 0.1) is 20.8 Å². The molecule has 0 saturated heterocycles. The van der Waals surface area contributed by atoms with E-state index in [0.717, 1.165) is 0 Å². The Hall–Kier alpha value is -2.65. The Bertz CT molecular complexity index is 714. The topological polar surface area (TPSA) is 90.0 Å². The molecule has 0 spiro atoms. The van der Waals surface area contributed by atoms with Crippen molar-refractivity contribution in [2.45, 2.75) is 0 Å². The highest BCUT2D eigenvalue weighted by atomic mass is 32.1. The van der Waals surface area contributed by atoms with Gasteiger partial charge in [-0.1, -0.05) is 0 Å². The molecule has 26 heavy (non-hydrogen) atoms. The van der Waals surface area contributed by atoms with Crippen LogP contribution in [0.25, 0.3) is 0 Å². The van der Waals surface area contributed by atoms with Gasteiger partial charge in [-0.05, 0) is 12.1 Å². The molecule has 8 nitrogen and oxygen atoms in total. The molecule has 1 heterocycles. The van der Waals surface area contributed by atoms with Gasteiger partial charge in [0, 0.05) is 36.9 Å². The minimum Gasteiger partial charge on any atom is -0.497 e. The van der Waals surface area contributed by atoms with E-state index in [4.69, 9.17) is 14.2 Å². The Balaban J connectivity index is 2.16. The minimum atomic E-state index is -0.334. The number of hydrogen-bond acceptors (Lipinski definition) is 7. The summed E-state index contributed by atoms with van der Waals surface area (Å²) in [4.78, 5) is 30.5. The smallest absolute Gasteiger partial charge is 0.254 e. The molecule has 0 aliphatic rings. The van der Waals surface area contributed by atoms with Crippen LogP contribution in [0.2, 0.25) is 0 Å². The standard InChI is InChI=1S/C17H21N3O5S/c1-23-6-5-20(11-15(21)19-17-18-4-7-26-17)16(22)12-8-13(24-2)10-14(9-12)25-3/h4,7-10H,5-6,11H2,1-3H3,(H,18,19,21). The van der Waals surface area contributed by atoms with Crippen LogP contribution in [-0.2, 0) is 9.53 Å². The van der Waals surface area contributed by atoms with Crippen LogP contribution in [0, 0.1) is 0 Å². The summed E-state index contributed by atoms with van der Waals surface area (Å²) in [6.07, 6.45) is 1.59. The van der Waals surface area contributed by atoms with Gasteiger partial charge in [-0.25, -0.2) is 4.98 Å². The Labute approximate surface area is 155 Å². The second-order valence-corrected chi connectivity index (χ2v) is 6.10. The van der Waals surface area contributed by atoms with E-state index in [9.17, 15) is 9.59 Å². The maximum absolute atomic E-state index is 12.9. The average Bonchev–Trinajstić information content (AvgIpc) is 3.16. The number of methoxy groups -OCH3 is 3. The molecule has 1 aromatic carbocycles. The molecule has 9 heteroatoms. The van der Waals surface area contributed by atoms with Crippen LogP contribution in [0.4, 0.5) is 5.13 Å². The van der Waals surface area contributed by atoms with Gasteiger partial charge in [-0.2, -0.15) is 0 Å². The molecule has 0 atom stereocenters. The highest BCUT2D eigenvalue weighted by molar-refractivity contribution is 7.13. The second kappa shape index (κ2) is 9.73. The molecule has 2 aromatic rings. The summed E-state index contributed by atoms with van der Waals surface area (Å²) >= 11 is 1.31. The zero-order chi connectivity index (χ0) is 18.9. The highest BCUT2D eigenvalue weighted by Crippen LogP contribution is 2.23. The molecule has 140 valence electrons. The lowest BCUT2D eigenvalue weighted by atomic mass is 10.1. The molecule has 0 aliphatic carbocycles. The zero-order valence-electron chi connectivity index (χ0n) is 14.9. The third kappa shape index (κ3) is 5.43. The zero-order valence-corrected chi connectivity index (χ0v) is 15.7. The first-order chi connectivity index (χ1) is 12.6. The molecule has 0 fully saturated rings. The molecular weight excluding hydrogens is 358 g/mol. The molecule has 0 saturated carbocycles. The van der Waals surface area contributed by atoms with Gasteiger partial charge in [0.15, 0.2) is 5.13 Å². The monoisotopic (exact) mass is 379 g/mol. The van der Waals surface area contributed by atoms with Gasteiger partial charge >= 0.3 is 0 Å². The van der Waals surface area contributed by atoms with E-state index in [-0.39, 0.29) is 24.9 Å². The first-order valence-corrected chi connectivity index (χ1v) is 8.66. The van der Waals surface area contributed by atoms with Crippen molar-refractivity contribution in [1.82, 2.24) is 9.88 Å². The van der Waals surface area contributed by atoms with Crippen molar-refractivity contribution in [2.24, 2.45) is 0 Å². The van der Waals surface area contributed by atoms with Crippen molar-refractivity contribution in [2.75, 3.05) is 46.3 Å². The van der Waals surface area contributed by atoms with E-state index in [1.54, 1.807) is 29.8 Å². The van der Waals surface area contributed by atoms with Crippen LogP contribution in [0.3, 0.4) is 0 Å². The predicted molar refractivity (Wildman–Crippen MR) is 98.1 cm³/mol. The fourth-order valence-corrected chi connectivity index (χ4v) is 2.73. The van der Waals surface area contributed by atoms with Gasteiger partial charge in [0.25, 0.3) is 5.91 Å². The summed E-state index contributed by atoms with van der Waals surface area (Å²) < 4.78 is 15.4. The first-order valence-electron chi connectivity index (χ1n) is 7.78. The second-order valence-electron chi connectivity index (χ2n) is 5.21. The predicted octanol–water partition coefficient (Wildman–Crippen LogP) is 1.89. The van der Waals surface area contributed by atoms with Crippen molar-refractivity contribution in [1.29, 1.82) is 0 Å². The number of anilines is 1. The minimum absolute atomic E-state index is 0.124. The van der Waals surface area contributed by atoms with E-state index < -0.39 is 0 Å². The Morgan fingerprint density at radius 1 is 1.15 bits per heavy atom. The van der Waals surface area contributed by atoms with Crippen LogP contribution in [0.1, 0.15) is 10.4 Å². The quantitative estimate of drug-likeness (QED) is 0.716. The van der Waals surface area contributed by atoms with E-state index in [1.807, 2.05) is 0 Å². The van der Waals surface area contributed by atoms with Crippen LogP contribution < -0.4 is 14.8 Å². The SMILES string of the molecule is COCCN(CC(=O)Nc1nccs1)C(=O)c1cc(OC)cc(OC)c1. The Morgan fingerprint density at radius 3 is 2.38 bits per heavy atom. The van der Waals surface area contributed by atoms with Gasteiger partial charge < -0.3 is 24.4 Å². The summed E-state index contributed by atoms with van der Waals surface area (Å²) in [5.41, 5.74) is 0.361. The van der Waals surface area contributed by atoms with Crippen LogP contribution in [0.5, 0.6) is 11.5 Å². The van der Waals surface area contributed by atoms with Crippen molar-refractivity contribution >= 4 is 28.3 Å². The summed E-state index contributed by atoms with van der Waals surface area (Å²) in [7, 11) is 4.55. The van der Waals surface area contributed by atoms with Gasteiger partial charge in [-0.15, -0.1) is 11.3 Å². The number of carbonyl (C=O) groups is 2. The first kappa shape index (κ1) is 19.7. The number of amides is 2. The number of benzene rings is 1. The van der Waals surface area contributed by atoms with E-state index in [1.165, 1.54) is 37.6 Å². The van der Waals surface area contributed by atoms with Crippen LogP contribution in [-0.4, -0.2) is 62.7 Å². The molecule has 2 rings (SSSR count). The normalized spacial score (nSPS) is 10.3. The lowest BCUT2D eigenvalue weighted by molar-refractivity contribution is -0.117. The summed E-state index contributed by atoms with van der Waals surface area (Å²) in [5.74, 6) is 0.325. The Morgan fingerprint density at radius 2 is 1.85 bits per heavy atom. The number of hydrogen-bond donors (Lipinski definition) is 1. The van der Waals surface area contributed by atoms with Gasteiger partial charge in [0.1, 0.15) is 18.0 Å². The molecule has 1 aromatic heterocycles. The van der Waals surface area contributed by atoms with Crippen LogP contribution in [0.15, 0.2) is 29.8 Å². The lowest BCUT2D eigenvalue weighted by Crippen LogP contribution is -2.40. The third-order valence-corrected chi connectivity index (χ3v) is 4.15. The fourth-order valence-electron chi connectivity index (χ4n) is 2.18. The van der Waals surface area contributed by atoms with Gasteiger partial charge in [0.2, 0.25) is 5.91 Å². The van der Waals surface area contributed by atoms with Crippen molar-refractivity contribution < 1.29 is 23.8 Å². The lowest BCUT2D eigenvalue weighted by Gasteiger charge is -2.22. The molecule has 2 amide bonds. The molecule has 0 bridgehead atoms. The Kier molecular flexibility index (Phi) is 7.37. The molecule has 0 unspecified atom stereocenters. The fraction of sp³-hybridized carbons (Fsp3) is 0.353. The van der Waals surface area contributed by atoms with Crippen molar-refractivity contribution in [3.05, 3.63) is 35.3 Å². The molecule has 0 radical (unpaired) electrons. The van der Waals surface area contributed by atoms with Crippen LogP contribution >= 0.6 is 11.3 Å². The number of ether oxygens (including phenoxy) is 3. The molecule has 0 aliphatic heterocycles. The maximum Gasteiger partial charge on any atom is 0.254 e. The highest BCUT2D eigenvalue weighted by Gasteiger charge is 2.20. The van der Waals surface area contributed by atoms with Crippen molar-refractivity contribution in [3.8, 4) is 11.5 Å². The maximum atomic E-state index is 12.9. The van der Waals surface area contributed by atoms with E-state index >= 15 is 0 Å². The number of thiazole rings is 1. The summed E-state index contributed by atoms with van der Waals surface area (Å²) in [6, 6.07) is 4.87. The average molecular weight is 379 g/mol. The molecular formula is C17H21N3O5S. The van der Waals surface area contributed by atoms with E-state index in [2.05, 4.69) is 10.3 Å². The van der Waals surface area contributed by atoms with E-state index in [0.29, 0.717) is 28.8 Å². The number of aromatic nitrogens is 1. The third-order valence-electron chi connectivity index (χ3n) is 3.46. The number of nitrogens with one attached hydrogen (secondary N) is 1. The largest absolute Gasteiger partial charge is 0.497 e. The summed E-state index contributed by atoms with van der Waals surface area (Å²) in [5, 5.41) is 4.90. The molecule has 1 N–H and O–H groups in total. The van der Waals surface area contributed by atoms with Gasteiger partial charge in [-0.3, -0.25) is 9.59 Å². The number of nitrogens with zero attached hydrogens (tertiary/aromatic N) is 2. The number of carbonyl (C=O) groups excluding carboxylic acids is 2. The summed E-state index contributed by atoms with van der Waals surface area (Å²) in [6.45, 7) is 0.443.